The Bertz CT molecular complexity index is 998. The van der Waals surface area contributed by atoms with Crippen molar-refractivity contribution in [3.05, 3.63) is 127 Å². The second kappa shape index (κ2) is 9.26. The molecule has 4 aromatic carbocycles. The molecule has 0 aliphatic heterocycles. The molecule has 0 saturated heterocycles. The Hall–Kier alpha value is -2.93. The lowest BCUT2D eigenvalue weighted by Crippen LogP contribution is -2.37. The van der Waals surface area contributed by atoms with Crippen LogP contribution < -0.4 is 9.97 Å². The maximum absolute atomic E-state index is 2.58. The predicted octanol–water partition coefficient (Wildman–Crippen LogP) is 6.76. The van der Waals surface area contributed by atoms with Crippen LogP contribution in [0.15, 0.2) is 121 Å². The summed E-state index contributed by atoms with van der Waals surface area (Å²) >= 11 is 0. The van der Waals surface area contributed by atoms with Gasteiger partial charge in [-0.1, -0.05) is 84.9 Å². The Kier molecular flexibility index (Phi) is 6.28. The van der Waals surface area contributed by atoms with Crippen molar-refractivity contribution in [2.45, 2.75) is 6.16 Å². The fourth-order valence-corrected chi connectivity index (χ4v) is 8.06. The van der Waals surface area contributed by atoms with Crippen LogP contribution in [0.3, 0.4) is 0 Å². The highest BCUT2D eigenvalue weighted by atomic mass is 31.2. The summed E-state index contributed by atoms with van der Waals surface area (Å²) in [4.78, 5) is 0. The van der Waals surface area contributed by atoms with Gasteiger partial charge in [-0.3, -0.25) is 0 Å². The lowest BCUT2D eigenvalue weighted by molar-refractivity contribution is 0.661. The van der Waals surface area contributed by atoms with Crippen molar-refractivity contribution in [2.75, 3.05) is 18.8 Å². The fraction of sp³-hybridized carbons (Fsp3) is 0.111. The van der Waals surface area contributed by atoms with Gasteiger partial charge >= 0.3 is 0 Å². The minimum absolute atomic E-state index is 0.953. The summed E-state index contributed by atoms with van der Waals surface area (Å²) in [5.74, 6) is 0. The predicted molar refractivity (Wildman–Crippen MR) is 132 cm³/mol. The zero-order valence-corrected chi connectivity index (χ0v) is 18.5. The van der Waals surface area contributed by atoms with E-state index < -0.39 is 7.56 Å². The molecule has 0 saturated carbocycles. The average Bonchev–Trinajstić information content (AvgIpc) is 2.81. The summed E-state index contributed by atoms with van der Waals surface area (Å²) in [6, 6.07) is 43.4. The van der Waals surface area contributed by atoms with Crippen LogP contribution in [0.5, 0.6) is 0 Å². The first kappa shape index (κ1) is 20.3. The highest BCUT2D eigenvalue weighted by Gasteiger charge is 2.51. The van der Waals surface area contributed by atoms with Gasteiger partial charge in [0.1, 0.15) is 11.5 Å². The van der Waals surface area contributed by atoms with E-state index in [0.29, 0.717) is 0 Å². The van der Waals surface area contributed by atoms with Crippen molar-refractivity contribution in [1.82, 2.24) is 4.67 Å². The van der Waals surface area contributed by atoms with Gasteiger partial charge in [-0.2, -0.15) is 9.34 Å². The third kappa shape index (κ3) is 4.03. The van der Waals surface area contributed by atoms with E-state index in [-0.39, 0.29) is 0 Å². The van der Waals surface area contributed by atoms with Crippen LogP contribution in [-0.2, 0) is 6.16 Å². The minimum atomic E-state index is -2.03. The van der Waals surface area contributed by atoms with Gasteiger partial charge in [0, 0.05) is 14.1 Å². The fourth-order valence-electron chi connectivity index (χ4n) is 4.00. The quantitative estimate of drug-likeness (QED) is 0.310. The van der Waals surface area contributed by atoms with Gasteiger partial charge in [0.05, 0.1) is 11.4 Å². The minimum Gasteiger partial charge on any atom is -0.196 e. The number of benzene rings is 4. The van der Waals surface area contributed by atoms with Crippen LogP contribution in [0.1, 0.15) is 5.56 Å². The first-order valence-corrected chi connectivity index (χ1v) is 12.2. The number of para-hydroxylation sites is 2. The molecule has 150 valence electrons. The third-order valence-electron chi connectivity index (χ3n) is 5.41. The van der Waals surface area contributed by atoms with Crippen molar-refractivity contribution in [3.8, 4) is 0 Å². The third-order valence-corrected chi connectivity index (χ3v) is 9.79. The second-order valence-electron chi connectivity index (χ2n) is 7.54. The van der Waals surface area contributed by atoms with Crippen LogP contribution >= 0.6 is 7.56 Å². The second-order valence-corrected chi connectivity index (χ2v) is 11.0. The maximum atomic E-state index is 2.58. The summed E-state index contributed by atoms with van der Waals surface area (Å²) < 4.78 is 5.03. The van der Waals surface area contributed by atoms with E-state index in [1.165, 1.54) is 22.2 Å². The molecule has 0 radical (unpaired) electrons. The Balaban J connectivity index is 2.00. The highest BCUT2D eigenvalue weighted by molar-refractivity contribution is 7.81. The van der Waals surface area contributed by atoms with Gasteiger partial charge in [0.25, 0.3) is 0 Å². The summed E-state index contributed by atoms with van der Waals surface area (Å²) in [5.41, 5.74) is 3.77. The van der Waals surface area contributed by atoms with Crippen molar-refractivity contribution >= 4 is 24.2 Å². The Morgan fingerprint density at radius 2 is 0.933 bits per heavy atom. The van der Waals surface area contributed by atoms with Gasteiger partial charge < -0.3 is 0 Å². The molecule has 30 heavy (non-hydrogen) atoms. The molecule has 0 fully saturated rings. The average molecular weight is 412 g/mol. The van der Waals surface area contributed by atoms with Gasteiger partial charge in [0.2, 0.25) is 7.56 Å². The largest absolute Gasteiger partial charge is 0.216 e. The number of hydrogen-bond acceptors (Lipinski definition) is 2. The Morgan fingerprint density at radius 1 is 0.533 bits per heavy atom. The van der Waals surface area contributed by atoms with Crippen molar-refractivity contribution in [3.63, 3.8) is 0 Å². The first-order valence-electron chi connectivity index (χ1n) is 10.3. The molecular weight excluding hydrogens is 383 g/mol. The monoisotopic (exact) mass is 411 g/mol. The molecule has 0 aromatic heterocycles. The van der Waals surface area contributed by atoms with Crippen molar-refractivity contribution in [1.29, 1.82) is 0 Å². The molecule has 0 spiro atoms. The summed E-state index contributed by atoms with van der Waals surface area (Å²) in [7, 11) is 2.42. The standard InChI is InChI=1S/C27H28N2P/c1-28(2)30(27-21-13-6-14-22-27,23-24-15-7-3-8-16-24)29(25-17-9-4-10-18-25)26-19-11-5-12-20-26/h3-22H,23H2,1-2H3/q+1. The molecule has 2 nitrogen and oxygen atoms in total. The van der Waals surface area contributed by atoms with Crippen LogP contribution in [-0.4, -0.2) is 18.8 Å². The van der Waals surface area contributed by atoms with Crippen LogP contribution in [0.4, 0.5) is 11.4 Å². The summed E-state index contributed by atoms with van der Waals surface area (Å²) in [5, 5.41) is 1.37. The van der Waals surface area contributed by atoms with Crippen LogP contribution in [0, 0.1) is 0 Å². The van der Waals surface area contributed by atoms with E-state index in [2.05, 4.69) is 145 Å². The van der Waals surface area contributed by atoms with Gasteiger partial charge in [-0.05, 0) is 42.0 Å². The Morgan fingerprint density at radius 3 is 1.37 bits per heavy atom. The molecular formula is C27H28N2P+. The van der Waals surface area contributed by atoms with E-state index in [4.69, 9.17) is 0 Å². The molecule has 4 aromatic rings. The molecule has 4 rings (SSSR count). The summed E-state index contributed by atoms with van der Waals surface area (Å²) in [6.45, 7) is 0. The first-order chi connectivity index (χ1) is 14.7. The van der Waals surface area contributed by atoms with Crippen LogP contribution in [0.2, 0.25) is 0 Å². The van der Waals surface area contributed by atoms with Crippen molar-refractivity contribution < 1.29 is 0 Å². The molecule has 3 heteroatoms. The number of rotatable bonds is 7. The zero-order valence-electron chi connectivity index (χ0n) is 17.6. The van der Waals surface area contributed by atoms with Gasteiger partial charge in [0.15, 0.2) is 0 Å². The Labute approximate surface area is 180 Å². The van der Waals surface area contributed by atoms with Gasteiger partial charge in [-0.25, -0.2) is 0 Å². The van der Waals surface area contributed by atoms with E-state index >= 15 is 0 Å². The highest BCUT2D eigenvalue weighted by Crippen LogP contribution is 2.68. The molecule has 0 heterocycles. The van der Waals surface area contributed by atoms with E-state index in [0.717, 1.165) is 6.16 Å². The molecule has 0 aliphatic rings. The summed E-state index contributed by atoms with van der Waals surface area (Å²) in [6.07, 6.45) is 0.953. The smallest absolute Gasteiger partial charge is 0.196 e. The lowest BCUT2D eigenvalue weighted by Gasteiger charge is -2.41. The number of hydrogen-bond donors (Lipinski definition) is 0. The number of nitrogens with zero attached hydrogens (tertiary/aromatic N) is 2. The molecule has 0 amide bonds. The van der Waals surface area contributed by atoms with Gasteiger partial charge in [-0.15, -0.1) is 0 Å². The lowest BCUT2D eigenvalue weighted by atomic mass is 10.2. The molecule has 0 bridgehead atoms. The topological polar surface area (TPSA) is 6.48 Å². The molecule has 1 atom stereocenters. The van der Waals surface area contributed by atoms with E-state index in [1.54, 1.807) is 0 Å². The molecule has 0 N–H and O–H groups in total. The normalized spacial score (nSPS) is 13.0. The zero-order chi connectivity index (χ0) is 20.8. The SMILES string of the molecule is CN(C)[P+](Cc1ccccc1)(c1ccccc1)N(c1ccccc1)c1ccccc1. The maximum Gasteiger partial charge on any atom is 0.216 e. The van der Waals surface area contributed by atoms with E-state index in [9.17, 15) is 0 Å². The molecule has 0 aliphatic carbocycles. The van der Waals surface area contributed by atoms with Crippen molar-refractivity contribution in [2.24, 2.45) is 0 Å². The van der Waals surface area contributed by atoms with E-state index in [1.807, 2.05) is 0 Å². The number of anilines is 2. The molecule has 1 unspecified atom stereocenters. The van der Waals surface area contributed by atoms with Crippen LogP contribution in [0.25, 0.3) is 0 Å².